The molecular formula is C5H5N3. The van der Waals surface area contributed by atoms with Gasteiger partial charge in [-0.25, -0.2) is 9.98 Å². The van der Waals surface area contributed by atoms with Gasteiger partial charge in [-0.1, -0.05) is 0 Å². The first kappa shape index (κ1) is 4.94. The molecule has 1 aliphatic rings. The second kappa shape index (κ2) is 2.19. The van der Waals surface area contributed by atoms with Crippen LogP contribution in [0.1, 0.15) is 6.92 Å². The Bertz CT molecular complexity index is 194. The highest BCUT2D eigenvalue weighted by atomic mass is 15.0. The average molecular weight is 107 g/mol. The number of hydrogen-bond donors (Lipinski definition) is 0. The predicted molar refractivity (Wildman–Crippen MR) is 33.6 cm³/mol. The third-order valence-electron chi connectivity index (χ3n) is 0.686. The van der Waals surface area contributed by atoms with Gasteiger partial charge < -0.3 is 0 Å². The molecule has 3 nitrogen and oxygen atoms in total. The molecule has 0 unspecified atom stereocenters. The molecule has 0 spiro atoms. The van der Waals surface area contributed by atoms with Crippen molar-refractivity contribution in [2.45, 2.75) is 6.92 Å². The Labute approximate surface area is 47.2 Å². The maximum Gasteiger partial charge on any atom is 0.127 e. The molecular weight excluding hydrogens is 102 g/mol. The van der Waals surface area contributed by atoms with Crippen LogP contribution in [0.5, 0.6) is 0 Å². The van der Waals surface area contributed by atoms with E-state index >= 15 is 0 Å². The van der Waals surface area contributed by atoms with Crippen molar-refractivity contribution in [3.05, 3.63) is 6.20 Å². The fourth-order valence-corrected chi connectivity index (χ4v) is 0.335. The van der Waals surface area contributed by atoms with E-state index in [1.165, 1.54) is 12.5 Å². The van der Waals surface area contributed by atoms with E-state index in [0.717, 1.165) is 0 Å². The Balaban J connectivity index is 2.90. The van der Waals surface area contributed by atoms with Gasteiger partial charge in [0, 0.05) is 5.87 Å². The molecule has 0 radical (unpaired) electrons. The van der Waals surface area contributed by atoms with Gasteiger partial charge in [-0.15, -0.1) is 0 Å². The van der Waals surface area contributed by atoms with Crippen molar-refractivity contribution in [1.29, 1.82) is 0 Å². The molecule has 0 fully saturated rings. The summed E-state index contributed by atoms with van der Waals surface area (Å²) in [4.78, 5) is 11.2. The van der Waals surface area contributed by atoms with E-state index in [2.05, 4.69) is 20.8 Å². The molecule has 0 N–H and O–H groups in total. The maximum atomic E-state index is 3.81. The average Bonchev–Trinajstić information content (AvgIpc) is 1.94. The molecule has 1 heterocycles. The Kier molecular flexibility index (Phi) is 1.35. The van der Waals surface area contributed by atoms with Crippen LogP contribution >= 0.6 is 0 Å². The summed E-state index contributed by atoms with van der Waals surface area (Å²) in [5.74, 6) is 3.25. The fraction of sp³-hybridized carbons (Fsp3) is 0.200. The number of hydrogen-bond acceptors (Lipinski definition) is 3. The molecule has 0 aromatic heterocycles. The first-order valence-electron chi connectivity index (χ1n) is 2.23. The van der Waals surface area contributed by atoms with E-state index in [9.17, 15) is 0 Å². The summed E-state index contributed by atoms with van der Waals surface area (Å²) < 4.78 is 0. The van der Waals surface area contributed by atoms with E-state index in [1.54, 1.807) is 6.92 Å². The standard InChI is InChI=1S/C5H5N3/c1-5-7-3-2-6-4-8-5/h3-4H,1H3. The fourth-order valence-electron chi connectivity index (χ4n) is 0.335. The predicted octanol–water partition coefficient (Wildman–Crippen LogP) is 0.630. The van der Waals surface area contributed by atoms with Crippen molar-refractivity contribution >= 4 is 18.0 Å². The normalized spacial score (nSPS) is 15.9. The van der Waals surface area contributed by atoms with Gasteiger partial charge in [0.25, 0.3) is 0 Å². The van der Waals surface area contributed by atoms with Crippen molar-refractivity contribution < 1.29 is 0 Å². The third kappa shape index (κ3) is 1.13. The number of amidine groups is 1. The quantitative estimate of drug-likeness (QED) is 0.435. The SMILES string of the molecule is CC1=NC=C=NC=N1. The van der Waals surface area contributed by atoms with Crippen LogP contribution in [0.25, 0.3) is 0 Å². The minimum absolute atomic E-state index is 0.707. The highest BCUT2D eigenvalue weighted by molar-refractivity contribution is 5.90. The van der Waals surface area contributed by atoms with E-state index in [-0.39, 0.29) is 0 Å². The summed E-state index contributed by atoms with van der Waals surface area (Å²) >= 11 is 0. The van der Waals surface area contributed by atoms with Crippen LogP contribution in [0.2, 0.25) is 0 Å². The summed E-state index contributed by atoms with van der Waals surface area (Å²) in [6.07, 6.45) is 2.91. The summed E-state index contributed by atoms with van der Waals surface area (Å²) in [7, 11) is 0. The molecule has 1 rings (SSSR count). The summed E-state index contributed by atoms with van der Waals surface area (Å²) in [5.41, 5.74) is 0. The Morgan fingerprint density at radius 3 is 3.38 bits per heavy atom. The first-order valence-corrected chi connectivity index (χ1v) is 2.23. The van der Waals surface area contributed by atoms with Gasteiger partial charge in [0.2, 0.25) is 0 Å². The van der Waals surface area contributed by atoms with Gasteiger partial charge >= 0.3 is 0 Å². The molecule has 0 amide bonds. The van der Waals surface area contributed by atoms with Gasteiger partial charge in [0.1, 0.15) is 12.2 Å². The lowest BCUT2D eigenvalue weighted by atomic mass is 10.7. The van der Waals surface area contributed by atoms with E-state index in [0.29, 0.717) is 5.84 Å². The van der Waals surface area contributed by atoms with Gasteiger partial charge in [0.15, 0.2) is 0 Å². The Hall–Kier alpha value is -1.21. The molecule has 0 aromatic rings. The summed E-state index contributed by atoms with van der Waals surface area (Å²) in [6.45, 7) is 1.80. The van der Waals surface area contributed by atoms with E-state index in [4.69, 9.17) is 0 Å². The van der Waals surface area contributed by atoms with Crippen molar-refractivity contribution in [2.75, 3.05) is 0 Å². The molecule has 0 bridgehead atoms. The number of nitrogens with zero attached hydrogens (tertiary/aromatic N) is 3. The Morgan fingerprint density at radius 1 is 1.62 bits per heavy atom. The minimum Gasteiger partial charge on any atom is -0.232 e. The third-order valence-corrected chi connectivity index (χ3v) is 0.686. The molecule has 1 aliphatic heterocycles. The number of rotatable bonds is 0. The van der Waals surface area contributed by atoms with Gasteiger partial charge in [-0.2, -0.15) is 4.99 Å². The van der Waals surface area contributed by atoms with Gasteiger partial charge in [0.05, 0.1) is 6.20 Å². The zero-order chi connectivity index (χ0) is 5.82. The van der Waals surface area contributed by atoms with Crippen LogP contribution < -0.4 is 0 Å². The van der Waals surface area contributed by atoms with Gasteiger partial charge in [-0.05, 0) is 6.92 Å². The van der Waals surface area contributed by atoms with Crippen LogP contribution in [-0.2, 0) is 0 Å². The van der Waals surface area contributed by atoms with Crippen molar-refractivity contribution in [2.24, 2.45) is 15.0 Å². The van der Waals surface area contributed by atoms with Crippen LogP contribution in [0.15, 0.2) is 21.2 Å². The van der Waals surface area contributed by atoms with Crippen LogP contribution in [0, 0.1) is 0 Å². The zero-order valence-corrected chi connectivity index (χ0v) is 4.50. The summed E-state index contributed by atoms with van der Waals surface area (Å²) in [6, 6.07) is 0. The smallest absolute Gasteiger partial charge is 0.127 e. The molecule has 0 atom stereocenters. The first-order chi connectivity index (χ1) is 3.89. The van der Waals surface area contributed by atoms with E-state index < -0.39 is 0 Å². The molecule has 0 saturated carbocycles. The maximum absolute atomic E-state index is 3.81. The molecule has 0 saturated heterocycles. The lowest BCUT2D eigenvalue weighted by molar-refractivity contribution is 1.49. The highest BCUT2D eigenvalue weighted by Gasteiger charge is 1.79. The van der Waals surface area contributed by atoms with Crippen LogP contribution in [0.4, 0.5) is 0 Å². The van der Waals surface area contributed by atoms with Crippen molar-refractivity contribution in [3.63, 3.8) is 0 Å². The minimum atomic E-state index is 0.707. The molecule has 8 heavy (non-hydrogen) atoms. The number of aliphatic imine (C=N–C) groups is 3. The zero-order valence-electron chi connectivity index (χ0n) is 4.50. The lowest BCUT2D eigenvalue weighted by Gasteiger charge is -1.78. The van der Waals surface area contributed by atoms with E-state index in [1.807, 2.05) is 0 Å². The highest BCUT2D eigenvalue weighted by Crippen LogP contribution is 1.81. The second-order valence-electron chi connectivity index (χ2n) is 1.31. The largest absolute Gasteiger partial charge is 0.232 e. The summed E-state index contributed by atoms with van der Waals surface area (Å²) in [5, 5.41) is 0. The molecule has 0 aromatic carbocycles. The Morgan fingerprint density at radius 2 is 2.50 bits per heavy atom. The van der Waals surface area contributed by atoms with Crippen LogP contribution in [-0.4, -0.2) is 18.0 Å². The topological polar surface area (TPSA) is 37.1 Å². The second-order valence-corrected chi connectivity index (χ2v) is 1.31. The molecule has 40 valence electrons. The van der Waals surface area contributed by atoms with Gasteiger partial charge in [-0.3, -0.25) is 0 Å². The van der Waals surface area contributed by atoms with Crippen LogP contribution in [0.3, 0.4) is 0 Å². The van der Waals surface area contributed by atoms with Crippen molar-refractivity contribution in [3.8, 4) is 0 Å². The lowest BCUT2D eigenvalue weighted by Crippen LogP contribution is -1.80. The molecule has 0 aliphatic carbocycles. The molecule has 3 heteroatoms. The monoisotopic (exact) mass is 107 g/mol. The van der Waals surface area contributed by atoms with Crippen molar-refractivity contribution in [1.82, 2.24) is 0 Å².